The zero-order chi connectivity index (χ0) is 10.0. The Balaban J connectivity index is 3.29. The Kier molecular flexibility index (Phi) is 2.76. The predicted molar refractivity (Wildman–Crippen MR) is 50.1 cm³/mol. The van der Waals surface area contributed by atoms with Gasteiger partial charge in [0.05, 0.1) is 5.56 Å². The Morgan fingerprint density at radius 3 is 2.54 bits per heavy atom. The molecule has 0 aliphatic carbocycles. The highest BCUT2D eigenvalue weighted by molar-refractivity contribution is 5.30. The van der Waals surface area contributed by atoms with Crippen molar-refractivity contribution in [3.63, 3.8) is 0 Å². The van der Waals surface area contributed by atoms with Crippen LogP contribution in [0.1, 0.15) is 38.0 Å². The van der Waals surface area contributed by atoms with Gasteiger partial charge in [-0.25, -0.2) is 4.79 Å². The van der Waals surface area contributed by atoms with Crippen molar-refractivity contribution in [3.8, 4) is 5.75 Å². The van der Waals surface area contributed by atoms with Crippen LogP contribution < -0.4 is 5.63 Å². The minimum absolute atomic E-state index is 0.0439. The van der Waals surface area contributed by atoms with Gasteiger partial charge in [-0.15, -0.1) is 0 Å². The van der Waals surface area contributed by atoms with Gasteiger partial charge in [-0.1, -0.05) is 20.8 Å². The van der Waals surface area contributed by atoms with E-state index in [4.69, 9.17) is 4.42 Å². The fourth-order valence-electron chi connectivity index (χ4n) is 1.13. The molecule has 3 heteroatoms. The lowest BCUT2D eigenvalue weighted by Crippen LogP contribution is -2.08. The van der Waals surface area contributed by atoms with Crippen LogP contribution >= 0.6 is 0 Å². The molecule has 0 bridgehead atoms. The van der Waals surface area contributed by atoms with Crippen LogP contribution in [0.4, 0.5) is 0 Å². The summed E-state index contributed by atoms with van der Waals surface area (Å²) in [5, 5.41) is 9.46. The summed E-state index contributed by atoms with van der Waals surface area (Å²) in [6, 6.07) is 1.52. The molecule has 1 aromatic heterocycles. The van der Waals surface area contributed by atoms with Crippen molar-refractivity contribution in [1.29, 1.82) is 0 Å². The first kappa shape index (κ1) is 9.84. The van der Waals surface area contributed by atoms with Crippen molar-refractivity contribution >= 4 is 0 Å². The second-order valence-corrected chi connectivity index (χ2v) is 3.31. The summed E-state index contributed by atoms with van der Waals surface area (Å²) in [7, 11) is 0. The van der Waals surface area contributed by atoms with Crippen LogP contribution in [0.5, 0.6) is 5.75 Å². The highest BCUT2D eigenvalue weighted by Gasteiger charge is 2.10. The largest absolute Gasteiger partial charge is 0.507 e. The Bertz CT molecular complexity index is 350. The summed E-state index contributed by atoms with van der Waals surface area (Å²) in [4.78, 5) is 11.3. The maximum absolute atomic E-state index is 11.3. The molecule has 0 saturated carbocycles. The van der Waals surface area contributed by atoms with Crippen LogP contribution in [-0.2, 0) is 6.42 Å². The van der Waals surface area contributed by atoms with Crippen molar-refractivity contribution in [1.82, 2.24) is 0 Å². The standard InChI is InChI=1S/C10H14O3/c1-4-7-8(11)5-9(6(2)3)13-10(7)12/h5-6,11H,4H2,1-3H3. The molecule has 0 unspecified atom stereocenters. The third-order valence-corrected chi connectivity index (χ3v) is 1.97. The molecule has 72 valence electrons. The highest BCUT2D eigenvalue weighted by Crippen LogP contribution is 2.20. The van der Waals surface area contributed by atoms with E-state index >= 15 is 0 Å². The van der Waals surface area contributed by atoms with Gasteiger partial charge in [0.2, 0.25) is 0 Å². The topological polar surface area (TPSA) is 50.4 Å². The lowest BCUT2D eigenvalue weighted by molar-refractivity contribution is 0.402. The molecule has 0 radical (unpaired) electrons. The second-order valence-electron chi connectivity index (χ2n) is 3.31. The van der Waals surface area contributed by atoms with E-state index in [0.29, 0.717) is 17.7 Å². The molecule has 1 aromatic rings. The minimum atomic E-state index is -0.425. The van der Waals surface area contributed by atoms with Crippen LogP contribution in [0.25, 0.3) is 0 Å². The lowest BCUT2D eigenvalue weighted by atomic mass is 10.1. The van der Waals surface area contributed by atoms with Crippen molar-refractivity contribution < 1.29 is 9.52 Å². The Labute approximate surface area is 77.0 Å². The molecule has 0 fully saturated rings. The molecule has 0 atom stereocenters. The first-order valence-corrected chi connectivity index (χ1v) is 4.42. The molecular formula is C10H14O3. The van der Waals surface area contributed by atoms with E-state index < -0.39 is 5.63 Å². The maximum atomic E-state index is 11.3. The zero-order valence-corrected chi connectivity index (χ0v) is 8.13. The van der Waals surface area contributed by atoms with Gasteiger partial charge in [-0.05, 0) is 6.42 Å². The van der Waals surface area contributed by atoms with Crippen LogP contribution in [0.2, 0.25) is 0 Å². The summed E-state index contributed by atoms with van der Waals surface area (Å²) in [5.74, 6) is 0.687. The zero-order valence-electron chi connectivity index (χ0n) is 8.13. The van der Waals surface area contributed by atoms with E-state index in [1.807, 2.05) is 13.8 Å². The lowest BCUT2D eigenvalue weighted by Gasteiger charge is -2.05. The average molecular weight is 182 g/mol. The molecule has 0 aliphatic rings. The van der Waals surface area contributed by atoms with Crippen LogP contribution in [0, 0.1) is 0 Å². The summed E-state index contributed by atoms with van der Waals surface area (Å²) in [6.07, 6.45) is 0.493. The molecular weight excluding hydrogens is 168 g/mol. The van der Waals surface area contributed by atoms with Crippen molar-refractivity contribution in [2.24, 2.45) is 0 Å². The molecule has 1 N–H and O–H groups in total. The average Bonchev–Trinajstić information content (AvgIpc) is 2.03. The van der Waals surface area contributed by atoms with Gasteiger partial charge in [0, 0.05) is 12.0 Å². The molecule has 0 aromatic carbocycles. The SMILES string of the molecule is CCc1c(O)cc(C(C)C)oc1=O. The van der Waals surface area contributed by atoms with Gasteiger partial charge in [0.1, 0.15) is 11.5 Å². The molecule has 3 nitrogen and oxygen atoms in total. The second kappa shape index (κ2) is 3.64. The van der Waals surface area contributed by atoms with Crippen molar-refractivity contribution in [3.05, 3.63) is 27.8 Å². The minimum Gasteiger partial charge on any atom is -0.507 e. The van der Waals surface area contributed by atoms with Crippen LogP contribution in [0.15, 0.2) is 15.3 Å². The molecule has 0 aliphatic heterocycles. The summed E-state index contributed by atoms with van der Waals surface area (Å²) >= 11 is 0. The van der Waals surface area contributed by atoms with Crippen molar-refractivity contribution in [2.45, 2.75) is 33.1 Å². The van der Waals surface area contributed by atoms with Crippen LogP contribution in [-0.4, -0.2) is 5.11 Å². The van der Waals surface area contributed by atoms with E-state index in [1.165, 1.54) is 6.07 Å². The number of hydrogen-bond donors (Lipinski definition) is 1. The van der Waals surface area contributed by atoms with E-state index in [0.717, 1.165) is 0 Å². The third-order valence-electron chi connectivity index (χ3n) is 1.97. The Hall–Kier alpha value is -1.25. The van der Waals surface area contributed by atoms with Gasteiger partial charge in [-0.3, -0.25) is 0 Å². The smallest absolute Gasteiger partial charge is 0.342 e. The van der Waals surface area contributed by atoms with E-state index in [2.05, 4.69) is 0 Å². The molecule has 0 spiro atoms. The van der Waals surface area contributed by atoms with Gasteiger partial charge < -0.3 is 9.52 Å². The summed E-state index contributed by atoms with van der Waals surface area (Å²) in [6.45, 7) is 5.62. The van der Waals surface area contributed by atoms with Gasteiger partial charge >= 0.3 is 5.63 Å². The number of hydrogen-bond acceptors (Lipinski definition) is 3. The van der Waals surface area contributed by atoms with E-state index in [1.54, 1.807) is 6.92 Å². The van der Waals surface area contributed by atoms with Crippen molar-refractivity contribution in [2.75, 3.05) is 0 Å². The first-order valence-electron chi connectivity index (χ1n) is 4.42. The molecule has 13 heavy (non-hydrogen) atoms. The Morgan fingerprint density at radius 2 is 2.15 bits per heavy atom. The van der Waals surface area contributed by atoms with Gasteiger partial charge in [0.15, 0.2) is 0 Å². The molecule has 1 heterocycles. The normalized spacial score (nSPS) is 10.8. The molecule has 1 rings (SSSR count). The number of rotatable bonds is 2. The van der Waals surface area contributed by atoms with Crippen LogP contribution in [0.3, 0.4) is 0 Å². The quantitative estimate of drug-likeness (QED) is 0.761. The fourth-order valence-corrected chi connectivity index (χ4v) is 1.13. The Morgan fingerprint density at radius 1 is 1.54 bits per heavy atom. The summed E-state index contributed by atoms with van der Waals surface area (Å²) < 4.78 is 5.03. The molecule has 0 saturated heterocycles. The summed E-state index contributed by atoms with van der Waals surface area (Å²) in [5.41, 5.74) is -0.0735. The third kappa shape index (κ3) is 1.91. The van der Waals surface area contributed by atoms with Gasteiger partial charge in [-0.2, -0.15) is 0 Å². The van der Waals surface area contributed by atoms with Gasteiger partial charge in [0.25, 0.3) is 0 Å². The fraction of sp³-hybridized carbons (Fsp3) is 0.500. The van der Waals surface area contributed by atoms with E-state index in [-0.39, 0.29) is 11.7 Å². The maximum Gasteiger partial charge on any atom is 0.342 e. The number of aromatic hydroxyl groups is 1. The molecule has 0 amide bonds. The first-order chi connectivity index (χ1) is 6.06. The van der Waals surface area contributed by atoms with E-state index in [9.17, 15) is 9.90 Å². The predicted octanol–water partition coefficient (Wildman–Crippen LogP) is 2.03. The monoisotopic (exact) mass is 182 g/mol. The highest BCUT2D eigenvalue weighted by atomic mass is 16.4.